The Kier molecular flexibility index (Phi) is 8.82. The first-order valence-corrected chi connectivity index (χ1v) is 13.5. The third-order valence-corrected chi connectivity index (χ3v) is 7.51. The van der Waals surface area contributed by atoms with Gasteiger partial charge in [0.2, 0.25) is 5.88 Å². The molecule has 1 aliphatic heterocycles. The van der Waals surface area contributed by atoms with Crippen LogP contribution in [-0.4, -0.2) is 66.1 Å². The Balaban J connectivity index is 1.76. The molecule has 0 aliphatic carbocycles. The van der Waals surface area contributed by atoms with Crippen molar-refractivity contribution in [3.8, 4) is 28.8 Å². The molecule has 39 heavy (non-hydrogen) atoms. The molecule has 0 spiro atoms. The molecule has 0 saturated heterocycles. The number of carbonyl (C=O) groups excluding carboxylic acids is 1. The highest BCUT2D eigenvalue weighted by Gasteiger charge is 2.32. The lowest BCUT2D eigenvalue weighted by Crippen LogP contribution is -2.40. The van der Waals surface area contributed by atoms with Gasteiger partial charge in [0.1, 0.15) is 17.4 Å². The highest BCUT2D eigenvalue weighted by atomic mass is 16.5. The SMILES string of the molecule is CCOc1cc([C@H](C)N2CCc3c(cc(CCN(C)CC)cc3-c3cc(OC)ncc3C)C2=O)ncc1C#N. The number of nitrogens with zero attached hydrogens (tertiary/aromatic N) is 5. The van der Waals surface area contributed by atoms with E-state index in [0.29, 0.717) is 42.5 Å². The van der Waals surface area contributed by atoms with Gasteiger partial charge in [0.05, 0.1) is 25.5 Å². The summed E-state index contributed by atoms with van der Waals surface area (Å²) in [5.41, 5.74) is 7.13. The van der Waals surface area contributed by atoms with Crippen LogP contribution in [0.5, 0.6) is 11.6 Å². The second-order valence-corrected chi connectivity index (χ2v) is 9.93. The molecule has 4 rings (SSSR count). The van der Waals surface area contributed by atoms with Gasteiger partial charge in [0, 0.05) is 43.2 Å². The number of benzene rings is 1. The molecule has 0 fully saturated rings. The lowest BCUT2D eigenvalue weighted by molar-refractivity contribution is 0.0669. The number of pyridine rings is 2. The summed E-state index contributed by atoms with van der Waals surface area (Å²) in [6.07, 6.45) is 4.90. The molecule has 1 aromatic carbocycles. The van der Waals surface area contributed by atoms with Gasteiger partial charge in [-0.15, -0.1) is 0 Å². The molecule has 0 unspecified atom stereocenters. The van der Waals surface area contributed by atoms with E-state index < -0.39 is 0 Å². The van der Waals surface area contributed by atoms with Gasteiger partial charge >= 0.3 is 0 Å². The van der Waals surface area contributed by atoms with Crippen LogP contribution in [-0.2, 0) is 12.8 Å². The molecule has 0 N–H and O–H groups in total. The summed E-state index contributed by atoms with van der Waals surface area (Å²) in [4.78, 5) is 27.1. The van der Waals surface area contributed by atoms with Crippen molar-refractivity contribution in [1.82, 2.24) is 19.8 Å². The van der Waals surface area contributed by atoms with Gasteiger partial charge in [-0.05, 0) is 81.1 Å². The number of hydrogen-bond donors (Lipinski definition) is 0. The molecule has 1 amide bonds. The van der Waals surface area contributed by atoms with E-state index in [1.807, 2.05) is 37.9 Å². The maximum Gasteiger partial charge on any atom is 0.254 e. The van der Waals surface area contributed by atoms with Crippen molar-refractivity contribution in [1.29, 1.82) is 5.26 Å². The molecule has 1 aliphatic rings. The average molecular weight is 528 g/mol. The van der Waals surface area contributed by atoms with Gasteiger partial charge in [-0.1, -0.05) is 13.0 Å². The van der Waals surface area contributed by atoms with Crippen molar-refractivity contribution in [3.05, 3.63) is 70.2 Å². The van der Waals surface area contributed by atoms with Crippen LogP contribution in [0.25, 0.3) is 11.1 Å². The molecule has 2 aromatic heterocycles. The smallest absolute Gasteiger partial charge is 0.254 e. The Morgan fingerprint density at radius 2 is 1.90 bits per heavy atom. The number of rotatable bonds is 10. The Labute approximate surface area is 231 Å². The number of amides is 1. The van der Waals surface area contributed by atoms with Crippen molar-refractivity contribution in [2.45, 2.75) is 46.6 Å². The highest BCUT2D eigenvalue weighted by molar-refractivity contribution is 5.99. The molecule has 3 heterocycles. The van der Waals surface area contributed by atoms with Gasteiger partial charge in [0.15, 0.2) is 0 Å². The van der Waals surface area contributed by atoms with E-state index in [1.54, 1.807) is 13.2 Å². The molecular weight excluding hydrogens is 490 g/mol. The number of carbonyl (C=O) groups is 1. The monoisotopic (exact) mass is 527 g/mol. The Morgan fingerprint density at radius 1 is 1.13 bits per heavy atom. The number of hydrogen-bond acceptors (Lipinski definition) is 7. The molecular formula is C31H37N5O3. The third-order valence-electron chi connectivity index (χ3n) is 7.51. The van der Waals surface area contributed by atoms with E-state index in [9.17, 15) is 10.1 Å². The van der Waals surface area contributed by atoms with E-state index >= 15 is 0 Å². The lowest BCUT2D eigenvalue weighted by Gasteiger charge is -2.35. The minimum atomic E-state index is -0.279. The van der Waals surface area contributed by atoms with Crippen LogP contribution >= 0.6 is 0 Å². The molecule has 3 aromatic rings. The number of aryl methyl sites for hydroxylation is 1. The van der Waals surface area contributed by atoms with E-state index in [1.165, 1.54) is 6.20 Å². The Hall–Kier alpha value is -3.96. The molecule has 0 bridgehead atoms. The number of ether oxygens (including phenoxy) is 2. The zero-order valence-electron chi connectivity index (χ0n) is 23.7. The zero-order chi connectivity index (χ0) is 28.1. The fourth-order valence-corrected chi connectivity index (χ4v) is 5.02. The number of methoxy groups -OCH3 is 1. The molecule has 8 nitrogen and oxygen atoms in total. The number of likely N-dealkylation sites (N-methyl/N-ethyl adjacent to an activating group) is 1. The van der Waals surface area contributed by atoms with E-state index in [-0.39, 0.29) is 11.9 Å². The summed E-state index contributed by atoms with van der Waals surface area (Å²) in [5, 5.41) is 9.42. The minimum Gasteiger partial charge on any atom is -0.492 e. The topological polar surface area (TPSA) is 91.6 Å². The zero-order valence-corrected chi connectivity index (χ0v) is 23.7. The number of aromatic nitrogens is 2. The lowest BCUT2D eigenvalue weighted by atomic mass is 9.86. The molecule has 1 atom stereocenters. The molecule has 8 heteroatoms. The largest absolute Gasteiger partial charge is 0.492 e. The standard InChI is InChI=1S/C31H37N5O3/c1-7-35(5)11-9-22-13-26(25-15-30(38-6)34-18-20(25)3)24-10-12-36(31(37)27(24)14-22)21(4)28-16-29(39-8-2)23(17-32)19-33-28/h13-16,18-19,21H,7-12H2,1-6H3/t21-/m0/s1. The fourth-order valence-electron chi connectivity index (χ4n) is 5.02. The van der Waals surface area contributed by atoms with Crippen LogP contribution in [0.1, 0.15) is 65.1 Å². The predicted molar refractivity (Wildman–Crippen MR) is 151 cm³/mol. The summed E-state index contributed by atoms with van der Waals surface area (Å²) in [7, 11) is 3.72. The number of nitriles is 1. The molecule has 0 saturated carbocycles. The van der Waals surface area contributed by atoms with Crippen LogP contribution in [0.3, 0.4) is 0 Å². The van der Waals surface area contributed by atoms with Gasteiger partial charge in [0.25, 0.3) is 5.91 Å². The summed E-state index contributed by atoms with van der Waals surface area (Å²) in [5.74, 6) is 1.03. The highest BCUT2D eigenvalue weighted by Crippen LogP contribution is 2.37. The van der Waals surface area contributed by atoms with Crippen LogP contribution in [0.15, 0.2) is 36.7 Å². The maximum absolute atomic E-state index is 14.1. The van der Waals surface area contributed by atoms with Crippen LogP contribution in [0, 0.1) is 18.3 Å². The third kappa shape index (κ3) is 5.89. The van der Waals surface area contributed by atoms with E-state index in [0.717, 1.165) is 52.9 Å². The van der Waals surface area contributed by atoms with Crippen molar-refractivity contribution in [3.63, 3.8) is 0 Å². The summed E-state index contributed by atoms with van der Waals surface area (Å²) in [6, 6.07) is 9.89. The van der Waals surface area contributed by atoms with Gasteiger partial charge < -0.3 is 19.3 Å². The van der Waals surface area contributed by atoms with Crippen molar-refractivity contribution >= 4 is 5.91 Å². The van der Waals surface area contributed by atoms with E-state index in [2.05, 4.69) is 47.0 Å². The number of fused-ring (bicyclic) bond motifs is 1. The first kappa shape index (κ1) is 28.1. The maximum atomic E-state index is 14.1. The van der Waals surface area contributed by atoms with Gasteiger partial charge in [-0.3, -0.25) is 9.78 Å². The van der Waals surface area contributed by atoms with Crippen molar-refractivity contribution < 1.29 is 14.3 Å². The van der Waals surface area contributed by atoms with Gasteiger partial charge in [-0.2, -0.15) is 5.26 Å². The van der Waals surface area contributed by atoms with Crippen LogP contribution < -0.4 is 9.47 Å². The predicted octanol–water partition coefficient (Wildman–Crippen LogP) is 4.98. The first-order chi connectivity index (χ1) is 18.8. The first-order valence-electron chi connectivity index (χ1n) is 13.5. The normalized spacial score (nSPS) is 13.7. The van der Waals surface area contributed by atoms with Crippen LogP contribution in [0.4, 0.5) is 0 Å². The second kappa shape index (κ2) is 12.3. The summed E-state index contributed by atoms with van der Waals surface area (Å²) < 4.78 is 11.1. The quantitative estimate of drug-likeness (QED) is 0.367. The summed E-state index contributed by atoms with van der Waals surface area (Å²) in [6.45, 7) is 10.9. The van der Waals surface area contributed by atoms with Crippen molar-refractivity contribution in [2.75, 3.05) is 40.4 Å². The Bertz CT molecular complexity index is 1400. The summed E-state index contributed by atoms with van der Waals surface area (Å²) >= 11 is 0. The van der Waals surface area contributed by atoms with Crippen LogP contribution in [0.2, 0.25) is 0 Å². The average Bonchev–Trinajstić information content (AvgIpc) is 2.96. The Morgan fingerprint density at radius 3 is 2.59 bits per heavy atom. The molecule has 204 valence electrons. The molecule has 0 radical (unpaired) electrons. The van der Waals surface area contributed by atoms with Crippen molar-refractivity contribution in [2.24, 2.45) is 0 Å². The van der Waals surface area contributed by atoms with E-state index in [4.69, 9.17) is 9.47 Å². The second-order valence-electron chi connectivity index (χ2n) is 9.93. The minimum absolute atomic E-state index is 0.0153. The van der Waals surface area contributed by atoms with Gasteiger partial charge in [-0.25, -0.2) is 4.98 Å². The fraction of sp³-hybridized carbons (Fsp3) is 0.419.